The molecule has 0 bridgehead atoms. The summed E-state index contributed by atoms with van der Waals surface area (Å²) in [6.07, 6.45) is 2.25. The molecule has 29 heavy (non-hydrogen) atoms. The summed E-state index contributed by atoms with van der Waals surface area (Å²) in [5.74, 6) is 1.44. The number of thioether (sulfide) groups is 1. The molecule has 3 aromatic heterocycles. The second kappa shape index (κ2) is 9.10. The minimum absolute atomic E-state index is 0.154. The molecule has 10 heteroatoms. The van der Waals surface area contributed by atoms with Crippen LogP contribution in [0.3, 0.4) is 0 Å². The van der Waals surface area contributed by atoms with E-state index in [-0.39, 0.29) is 23.7 Å². The number of amides is 1. The van der Waals surface area contributed by atoms with E-state index in [1.54, 1.807) is 17.4 Å². The van der Waals surface area contributed by atoms with Crippen LogP contribution in [0.25, 0.3) is 10.7 Å². The average molecular weight is 434 g/mol. The van der Waals surface area contributed by atoms with Crippen molar-refractivity contribution in [2.75, 3.05) is 17.7 Å². The Morgan fingerprint density at radius 3 is 3.03 bits per heavy atom. The third-order valence-corrected chi connectivity index (χ3v) is 6.42. The maximum absolute atomic E-state index is 12.4. The van der Waals surface area contributed by atoms with Crippen LogP contribution in [-0.4, -0.2) is 44.3 Å². The molecule has 0 radical (unpaired) electrons. The van der Waals surface area contributed by atoms with E-state index < -0.39 is 0 Å². The van der Waals surface area contributed by atoms with Gasteiger partial charge in [-0.25, -0.2) is 0 Å². The monoisotopic (exact) mass is 433 g/mol. The molecule has 0 saturated carbocycles. The maximum Gasteiger partial charge on any atom is 0.237 e. The van der Waals surface area contributed by atoms with Gasteiger partial charge < -0.3 is 9.26 Å². The zero-order valence-electron chi connectivity index (χ0n) is 16.3. The quantitative estimate of drug-likeness (QED) is 0.536. The fourth-order valence-corrected chi connectivity index (χ4v) is 4.53. The number of thiophene rings is 1. The van der Waals surface area contributed by atoms with Crippen molar-refractivity contribution in [1.82, 2.24) is 19.9 Å². The molecule has 1 aliphatic heterocycles. The minimum Gasteiger partial charge on any atom is -0.376 e. The molecule has 0 aromatic carbocycles. The molecular weight excluding hydrogens is 410 g/mol. The molecule has 1 amide bonds. The number of aromatic nitrogens is 4. The Labute approximate surface area is 177 Å². The summed E-state index contributed by atoms with van der Waals surface area (Å²) < 4.78 is 13.0. The predicted octanol–water partition coefficient (Wildman–Crippen LogP) is 4.03. The number of nitrogens with one attached hydrogen (secondary N) is 1. The molecule has 4 rings (SSSR count). The van der Waals surface area contributed by atoms with E-state index in [0.717, 1.165) is 35.8 Å². The lowest BCUT2D eigenvalue weighted by Gasteiger charge is -2.14. The molecule has 1 atom stereocenters. The van der Waals surface area contributed by atoms with E-state index in [2.05, 4.69) is 25.2 Å². The molecule has 1 N–H and O–H groups in total. The van der Waals surface area contributed by atoms with Gasteiger partial charge in [-0.05, 0) is 30.2 Å². The van der Waals surface area contributed by atoms with Gasteiger partial charge in [0, 0.05) is 12.7 Å². The fraction of sp³-hybridized carbons (Fsp3) is 0.474. The molecule has 3 aromatic rings. The number of anilines is 1. The smallest absolute Gasteiger partial charge is 0.237 e. The summed E-state index contributed by atoms with van der Waals surface area (Å²) in [6.45, 7) is 5.52. The Hall–Kier alpha value is -2.17. The van der Waals surface area contributed by atoms with Gasteiger partial charge in [-0.2, -0.15) is 0 Å². The van der Waals surface area contributed by atoms with Gasteiger partial charge in [-0.15, -0.1) is 21.5 Å². The van der Waals surface area contributed by atoms with Crippen LogP contribution in [0, 0.1) is 0 Å². The van der Waals surface area contributed by atoms with Crippen molar-refractivity contribution in [3.05, 3.63) is 29.3 Å². The Balaban J connectivity index is 1.43. The number of ether oxygens (including phenoxy) is 1. The lowest BCUT2D eigenvalue weighted by molar-refractivity contribution is -0.113. The first-order chi connectivity index (χ1) is 14.1. The summed E-state index contributed by atoms with van der Waals surface area (Å²) in [7, 11) is 0. The fourth-order valence-electron chi connectivity index (χ4n) is 3.06. The molecule has 1 aliphatic rings. The summed E-state index contributed by atoms with van der Waals surface area (Å²) in [4.78, 5) is 13.4. The van der Waals surface area contributed by atoms with Crippen LogP contribution in [0.2, 0.25) is 0 Å². The van der Waals surface area contributed by atoms with Crippen LogP contribution >= 0.6 is 23.1 Å². The zero-order valence-corrected chi connectivity index (χ0v) is 18.0. The van der Waals surface area contributed by atoms with E-state index in [9.17, 15) is 4.79 Å². The standard InChI is InChI=1S/C19H23N5O3S2/c1-12(2)14-9-17(27-23-14)20-16(25)11-29-19-22-21-18(15-6-4-8-28-15)24(19)10-13-5-3-7-26-13/h4,6,8-9,12-13H,3,5,7,10-11H2,1-2H3,(H,20,25). The Morgan fingerprint density at radius 2 is 2.34 bits per heavy atom. The van der Waals surface area contributed by atoms with Crippen molar-refractivity contribution < 1.29 is 14.1 Å². The van der Waals surface area contributed by atoms with E-state index in [4.69, 9.17) is 9.26 Å². The third-order valence-electron chi connectivity index (χ3n) is 4.58. The van der Waals surface area contributed by atoms with Crippen LogP contribution in [0.5, 0.6) is 0 Å². The van der Waals surface area contributed by atoms with E-state index in [0.29, 0.717) is 17.6 Å². The van der Waals surface area contributed by atoms with Gasteiger partial charge >= 0.3 is 0 Å². The first-order valence-electron chi connectivity index (χ1n) is 9.58. The average Bonchev–Trinajstić information content (AvgIpc) is 3.48. The van der Waals surface area contributed by atoms with Gasteiger partial charge in [-0.1, -0.05) is 36.8 Å². The highest BCUT2D eigenvalue weighted by molar-refractivity contribution is 7.99. The van der Waals surface area contributed by atoms with Crippen molar-refractivity contribution in [2.45, 2.75) is 50.4 Å². The van der Waals surface area contributed by atoms with Crippen molar-refractivity contribution in [3.63, 3.8) is 0 Å². The van der Waals surface area contributed by atoms with Gasteiger partial charge in [-0.3, -0.25) is 14.7 Å². The van der Waals surface area contributed by atoms with Crippen molar-refractivity contribution in [3.8, 4) is 10.7 Å². The number of carbonyl (C=O) groups excluding carboxylic acids is 1. The SMILES string of the molecule is CC(C)c1cc(NC(=O)CSc2nnc(-c3cccs3)n2CC2CCCO2)on1. The van der Waals surface area contributed by atoms with Gasteiger partial charge in [0.05, 0.1) is 29.0 Å². The second-order valence-electron chi connectivity index (χ2n) is 7.14. The van der Waals surface area contributed by atoms with Gasteiger partial charge in [0.2, 0.25) is 11.8 Å². The zero-order chi connectivity index (χ0) is 20.2. The highest BCUT2D eigenvalue weighted by Crippen LogP contribution is 2.29. The number of carbonyl (C=O) groups is 1. The Morgan fingerprint density at radius 1 is 1.45 bits per heavy atom. The first kappa shape index (κ1) is 20.1. The Bertz CT molecular complexity index is 945. The lowest BCUT2D eigenvalue weighted by Crippen LogP contribution is -2.18. The molecule has 1 saturated heterocycles. The van der Waals surface area contributed by atoms with Crippen LogP contribution in [-0.2, 0) is 16.1 Å². The van der Waals surface area contributed by atoms with Gasteiger partial charge in [0.15, 0.2) is 11.0 Å². The highest BCUT2D eigenvalue weighted by Gasteiger charge is 2.22. The van der Waals surface area contributed by atoms with Crippen LogP contribution in [0.1, 0.15) is 38.3 Å². The summed E-state index contributed by atoms with van der Waals surface area (Å²) in [5.41, 5.74) is 0.810. The molecule has 154 valence electrons. The largest absolute Gasteiger partial charge is 0.376 e. The van der Waals surface area contributed by atoms with E-state index >= 15 is 0 Å². The highest BCUT2D eigenvalue weighted by atomic mass is 32.2. The normalized spacial score (nSPS) is 16.6. The van der Waals surface area contributed by atoms with Gasteiger partial charge in [0.25, 0.3) is 0 Å². The van der Waals surface area contributed by atoms with E-state index in [1.807, 2.05) is 31.4 Å². The third kappa shape index (κ3) is 4.88. The van der Waals surface area contributed by atoms with E-state index in [1.165, 1.54) is 11.8 Å². The van der Waals surface area contributed by atoms with Crippen LogP contribution in [0.4, 0.5) is 5.88 Å². The lowest BCUT2D eigenvalue weighted by atomic mass is 10.1. The van der Waals surface area contributed by atoms with Crippen molar-refractivity contribution >= 4 is 34.9 Å². The predicted molar refractivity (Wildman–Crippen MR) is 112 cm³/mol. The summed E-state index contributed by atoms with van der Waals surface area (Å²) >= 11 is 2.97. The molecule has 4 heterocycles. The molecule has 0 aliphatic carbocycles. The van der Waals surface area contributed by atoms with Crippen LogP contribution < -0.4 is 5.32 Å². The molecule has 1 unspecified atom stereocenters. The number of nitrogens with zero attached hydrogens (tertiary/aromatic N) is 4. The molecular formula is C19H23N5O3S2. The van der Waals surface area contributed by atoms with Crippen molar-refractivity contribution in [2.24, 2.45) is 0 Å². The van der Waals surface area contributed by atoms with Gasteiger partial charge in [0.1, 0.15) is 0 Å². The van der Waals surface area contributed by atoms with Crippen molar-refractivity contribution in [1.29, 1.82) is 0 Å². The maximum atomic E-state index is 12.4. The number of hydrogen-bond donors (Lipinski definition) is 1. The van der Waals surface area contributed by atoms with Crippen LogP contribution in [0.15, 0.2) is 33.3 Å². The number of rotatable bonds is 8. The molecule has 1 fully saturated rings. The topological polar surface area (TPSA) is 95.1 Å². The number of hydrogen-bond acceptors (Lipinski definition) is 8. The molecule has 0 spiro atoms. The minimum atomic E-state index is -0.175. The first-order valence-corrected chi connectivity index (χ1v) is 11.4. The summed E-state index contributed by atoms with van der Waals surface area (Å²) in [5, 5.41) is 18.1. The molecule has 8 nitrogen and oxygen atoms in total. The Kier molecular flexibility index (Phi) is 6.31. The second-order valence-corrected chi connectivity index (χ2v) is 9.03. The summed E-state index contributed by atoms with van der Waals surface area (Å²) in [6, 6.07) is 5.77.